The summed E-state index contributed by atoms with van der Waals surface area (Å²) in [6.07, 6.45) is 7.43. The third-order valence-electron chi connectivity index (χ3n) is 2.91. The van der Waals surface area contributed by atoms with Gasteiger partial charge in [0.25, 0.3) is 0 Å². The van der Waals surface area contributed by atoms with Gasteiger partial charge in [0.1, 0.15) is 0 Å². The zero-order valence-electron chi connectivity index (χ0n) is 8.49. The lowest BCUT2D eigenvalue weighted by Crippen LogP contribution is -2.25. The predicted octanol–water partition coefficient (Wildman–Crippen LogP) is 1.09. The molecule has 0 amide bonds. The Bertz CT molecular complexity index is 656. The first-order valence-corrected chi connectivity index (χ1v) is 4.87. The van der Waals surface area contributed by atoms with Crippen LogP contribution in [0.3, 0.4) is 0 Å². The van der Waals surface area contributed by atoms with Gasteiger partial charge in [0.2, 0.25) is 0 Å². The number of fused-ring (bicyclic) bond motifs is 3. The lowest BCUT2D eigenvalue weighted by Gasteiger charge is -1.99. The minimum atomic E-state index is 0.987. The van der Waals surface area contributed by atoms with Crippen molar-refractivity contribution in [2.75, 3.05) is 0 Å². The highest BCUT2D eigenvalue weighted by Gasteiger charge is 2.16. The van der Waals surface area contributed by atoms with Gasteiger partial charge in [-0.1, -0.05) is 6.58 Å². The highest BCUT2D eigenvalue weighted by Crippen LogP contribution is 2.28. The molecule has 0 N–H and O–H groups in total. The van der Waals surface area contributed by atoms with E-state index in [1.807, 2.05) is 30.9 Å². The van der Waals surface area contributed by atoms with E-state index in [0.29, 0.717) is 0 Å². The van der Waals surface area contributed by atoms with Gasteiger partial charge < -0.3 is 0 Å². The standard InChI is InChI=1S/C13H10N2/c1-8-5-15-7-12-10-3-4-14-6-11(10)9(2)13(8)12/h3-7H,1H2,2H3. The fourth-order valence-corrected chi connectivity index (χ4v) is 2.21. The topological polar surface area (TPSA) is 25.8 Å². The van der Waals surface area contributed by atoms with Crippen LogP contribution in [0.15, 0.2) is 30.9 Å². The number of pyridine rings is 2. The molecule has 15 heavy (non-hydrogen) atoms. The summed E-state index contributed by atoms with van der Waals surface area (Å²) in [7, 11) is 0. The molecule has 3 rings (SSSR count). The maximum Gasteiger partial charge on any atom is 0.0353 e. The van der Waals surface area contributed by atoms with Gasteiger partial charge in [0.15, 0.2) is 0 Å². The van der Waals surface area contributed by atoms with Crippen LogP contribution < -0.4 is 10.4 Å². The summed E-state index contributed by atoms with van der Waals surface area (Å²) in [4.78, 5) is 8.35. The minimum absolute atomic E-state index is 0.987. The van der Waals surface area contributed by atoms with Crippen LogP contribution >= 0.6 is 0 Å². The second-order valence-corrected chi connectivity index (χ2v) is 3.77. The van der Waals surface area contributed by atoms with Crippen LogP contribution in [-0.4, -0.2) is 9.97 Å². The van der Waals surface area contributed by atoms with Crippen molar-refractivity contribution in [3.05, 3.63) is 46.9 Å². The van der Waals surface area contributed by atoms with Gasteiger partial charge in [0.05, 0.1) is 0 Å². The van der Waals surface area contributed by atoms with E-state index in [1.165, 1.54) is 27.5 Å². The molecular weight excluding hydrogens is 184 g/mol. The minimum Gasteiger partial charge on any atom is -0.264 e. The van der Waals surface area contributed by atoms with Crippen LogP contribution in [0.25, 0.3) is 23.3 Å². The van der Waals surface area contributed by atoms with Crippen LogP contribution in [0.2, 0.25) is 0 Å². The van der Waals surface area contributed by atoms with Crippen molar-refractivity contribution in [2.45, 2.75) is 6.92 Å². The SMILES string of the molecule is C=c1cncc2c1=C(C)c1cnccc1-2. The number of hydrogen-bond acceptors (Lipinski definition) is 2. The molecule has 72 valence electrons. The molecule has 1 aliphatic carbocycles. The Morgan fingerprint density at radius 3 is 2.67 bits per heavy atom. The summed E-state index contributed by atoms with van der Waals surface area (Å²) >= 11 is 0. The van der Waals surface area contributed by atoms with E-state index in [1.54, 1.807) is 0 Å². The monoisotopic (exact) mass is 194 g/mol. The van der Waals surface area contributed by atoms with Crippen LogP contribution in [0.1, 0.15) is 12.5 Å². The summed E-state index contributed by atoms with van der Waals surface area (Å²) in [6.45, 7) is 6.13. The van der Waals surface area contributed by atoms with Crippen LogP contribution in [0, 0.1) is 0 Å². The zero-order chi connectivity index (χ0) is 10.4. The Hall–Kier alpha value is -1.96. The van der Waals surface area contributed by atoms with E-state index in [4.69, 9.17) is 0 Å². The van der Waals surface area contributed by atoms with Gasteiger partial charge in [-0.3, -0.25) is 9.97 Å². The van der Waals surface area contributed by atoms with E-state index >= 15 is 0 Å². The summed E-state index contributed by atoms with van der Waals surface area (Å²) in [5.41, 5.74) is 4.85. The Morgan fingerprint density at radius 2 is 1.80 bits per heavy atom. The van der Waals surface area contributed by atoms with Gasteiger partial charge in [-0.2, -0.15) is 0 Å². The molecule has 2 aromatic heterocycles. The molecule has 1 aliphatic rings. The third kappa shape index (κ3) is 0.988. The predicted molar refractivity (Wildman–Crippen MR) is 60.4 cm³/mol. The molecule has 0 saturated heterocycles. The number of rotatable bonds is 0. The molecule has 2 heterocycles. The Morgan fingerprint density at radius 1 is 1.00 bits per heavy atom. The van der Waals surface area contributed by atoms with Crippen LogP contribution in [0.5, 0.6) is 0 Å². The summed E-state index contributed by atoms with van der Waals surface area (Å²) in [5, 5.41) is 2.20. The molecule has 0 spiro atoms. The first-order chi connectivity index (χ1) is 7.29. The number of nitrogens with zero attached hydrogens (tertiary/aromatic N) is 2. The maximum absolute atomic E-state index is 4.19. The maximum atomic E-state index is 4.19. The first kappa shape index (κ1) is 8.36. The smallest absolute Gasteiger partial charge is 0.0353 e. The van der Waals surface area contributed by atoms with Crippen LogP contribution in [-0.2, 0) is 0 Å². The van der Waals surface area contributed by atoms with Gasteiger partial charge in [-0.25, -0.2) is 0 Å². The van der Waals surface area contributed by atoms with E-state index in [2.05, 4.69) is 23.5 Å². The average Bonchev–Trinajstić information content (AvgIpc) is 2.55. The second kappa shape index (κ2) is 2.76. The van der Waals surface area contributed by atoms with Gasteiger partial charge in [-0.05, 0) is 34.6 Å². The van der Waals surface area contributed by atoms with Crippen molar-refractivity contribution in [3.8, 4) is 11.1 Å². The van der Waals surface area contributed by atoms with E-state index in [-0.39, 0.29) is 0 Å². The molecule has 0 unspecified atom stereocenters. The van der Waals surface area contributed by atoms with Crippen molar-refractivity contribution in [2.24, 2.45) is 0 Å². The molecule has 0 atom stereocenters. The van der Waals surface area contributed by atoms with Crippen molar-refractivity contribution < 1.29 is 0 Å². The highest BCUT2D eigenvalue weighted by molar-refractivity contribution is 5.87. The molecule has 2 heteroatoms. The summed E-state index contributed by atoms with van der Waals surface area (Å²) < 4.78 is 0. The molecule has 2 nitrogen and oxygen atoms in total. The van der Waals surface area contributed by atoms with E-state index in [0.717, 1.165) is 5.22 Å². The zero-order valence-corrected chi connectivity index (χ0v) is 8.49. The number of aromatic nitrogens is 2. The molecule has 0 bridgehead atoms. The molecule has 0 aliphatic heterocycles. The van der Waals surface area contributed by atoms with Crippen molar-refractivity contribution in [1.29, 1.82) is 0 Å². The largest absolute Gasteiger partial charge is 0.264 e. The highest BCUT2D eigenvalue weighted by atomic mass is 14.6. The van der Waals surface area contributed by atoms with Crippen molar-refractivity contribution in [1.82, 2.24) is 9.97 Å². The Balaban J connectivity index is 2.58. The Labute approximate surface area is 87.6 Å². The summed E-state index contributed by atoms with van der Waals surface area (Å²) in [6, 6.07) is 2.03. The van der Waals surface area contributed by atoms with E-state index < -0.39 is 0 Å². The second-order valence-electron chi connectivity index (χ2n) is 3.77. The quantitative estimate of drug-likeness (QED) is 0.627. The molecule has 0 fully saturated rings. The van der Waals surface area contributed by atoms with Crippen molar-refractivity contribution >= 4 is 12.2 Å². The van der Waals surface area contributed by atoms with Crippen LogP contribution in [0.4, 0.5) is 0 Å². The number of hydrogen-bond donors (Lipinski definition) is 0. The van der Waals surface area contributed by atoms with Gasteiger partial charge >= 0.3 is 0 Å². The van der Waals surface area contributed by atoms with Gasteiger partial charge in [0, 0.05) is 35.9 Å². The molecule has 0 saturated carbocycles. The average molecular weight is 194 g/mol. The first-order valence-electron chi connectivity index (χ1n) is 4.87. The fraction of sp³-hybridized carbons (Fsp3) is 0.0769. The molecule has 0 radical (unpaired) electrons. The molecular formula is C13H10N2. The Kier molecular flexibility index (Phi) is 1.54. The van der Waals surface area contributed by atoms with Gasteiger partial charge in [-0.15, -0.1) is 0 Å². The summed E-state index contributed by atoms with van der Waals surface area (Å²) in [5.74, 6) is 0. The third-order valence-corrected chi connectivity index (χ3v) is 2.91. The fourth-order valence-electron chi connectivity index (χ4n) is 2.21. The lowest BCUT2D eigenvalue weighted by atomic mass is 10.1. The van der Waals surface area contributed by atoms with E-state index in [9.17, 15) is 0 Å². The normalized spacial score (nSPS) is 12.5. The lowest BCUT2D eigenvalue weighted by molar-refractivity contribution is 1.28. The van der Waals surface area contributed by atoms with Crippen molar-refractivity contribution in [3.63, 3.8) is 0 Å². The molecule has 2 aromatic rings. The molecule has 0 aromatic carbocycles.